The first-order valence-corrected chi connectivity index (χ1v) is 5.77. The van der Waals surface area contributed by atoms with Gasteiger partial charge in [0.1, 0.15) is 0 Å². The van der Waals surface area contributed by atoms with Crippen molar-refractivity contribution in [2.45, 2.75) is 26.7 Å². The Hall–Kier alpha value is -0.770. The van der Waals surface area contributed by atoms with Crippen molar-refractivity contribution in [3.05, 3.63) is 0 Å². The van der Waals surface area contributed by atoms with Crippen molar-refractivity contribution in [3.8, 4) is 0 Å². The molecule has 4 nitrogen and oxygen atoms in total. The minimum Gasteiger partial charge on any atom is -0.396 e. The first-order chi connectivity index (χ1) is 7.13. The second-order valence-electron chi connectivity index (χ2n) is 4.70. The van der Waals surface area contributed by atoms with E-state index in [-0.39, 0.29) is 18.6 Å². The highest BCUT2D eigenvalue weighted by Crippen LogP contribution is 2.14. The van der Waals surface area contributed by atoms with Gasteiger partial charge in [0, 0.05) is 32.2 Å². The number of amides is 2. The average molecular weight is 214 g/mol. The number of likely N-dealkylation sites (tertiary alicyclic amines) is 1. The van der Waals surface area contributed by atoms with Crippen molar-refractivity contribution in [1.29, 1.82) is 0 Å². The number of carbonyl (C=O) groups excluding carboxylic acids is 1. The van der Waals surface area contributed by atoms with Gasteiger partial charge in [-0.2, -0.15) is 0 Å². The molecule has 0 saturated carbocycles. The number of nitrogens with zero attached hydrogens (tertiary/aromatic N) is 1. The lowest BCUT2D eigenvalue weighted by atomic mass is 10.1. The molecule has 1 unspecified atom stereocenters. The van der Waals surface area contributed by atoms with Crippen molar-refractivity contribution >= 4 is 6.03 Å². The zero-order valence-corrected chi connectivity index (χ0v) is 9.70. The molecule has 4 heteroatoms. The Labute approximate surface area is 91.6 Å². The summed E-state index contributed by atoms with van der Waals surface area (Å²) in [6, 6.07) is 0.0200. The van der Waals surface area contributed by atoms with Gasteiger partial charge in [-0.1, -0.05) is 13.8 Å². The maximum atomic E-state index is 11.6. The Morgan fingerprint density at radius 1 is 1.60 bits per heavy atom. The molecule has 0 aromatic heterocycles. The van der Waals surface area contributed by atoms with Gasteiger partial charge in [0.25, 0.3) is 0 Å². The molecule has 1 atom stereocenters. The van der Waals surface area contributed by atoms with Gasteiger partial charge in [0.05, 0.1) is 0 Å². The van der Waals surface area contributed by atoms with E-state index in [1.165, 1.54) is 0 Å². The summed E-state index contributed by atoms with van der Waals surface area (Å²) in [4.78, 5) is 13.4. The second kappa shape index (κ2) is 5.95. The van der Waals surface area contributed by atoms with Gasteiger partial charge in [0.2, 0.25) is 0 Å². The molecule has 0 bridgehead atoms. The van der Waals surface area contributed by atoms with E-state index in [0.717, 1.165) is 25.9 Å². The summed E-state index contributed by atoms with van der Waals surface area (Å²) in [5.74, 6) is 0.898. The van der Waals surface area contributed by atoms with Crippen LogP contribution in [0.25, 0.3) is 0 Å². The second-order valence-corrected chi connectivity index (χ2v) is 4.70. The van der Waals surface area contributed by atoms with E-state index in [9.17, 15) is 4.79 Å². The summed E-state index contributed by atoms with van der Waals surface area (Å²) in [5, 5.41) is 11.9. The zero-order chi connectivity index (χ0) is 11.3. The molecule has 2 N–H and O–H groups in total. The minimum atomic E-state index is 0.0200. The summed E-state index contributed by atoms with van der Waals surface area (Å²) in [6.07, 6.45) is 1.94. The van der Waals surface area contributed by atoms with Crippen LogP contribution in [-0.2, 0) is 0 Å². The largest absolute Gasteiger partial charge is 0.396 e. The van der Waals surface area contributed by atoms with Crippen LogP contribution in [0.2, 0.25) is 0 Å². The van der Waals surface area contributed by atoms with Gasteiger partial charge in [-0.3, -0.25) is 0 Å². The maximum absolute atomic E-state index is 11.6. The molecule has 1 rings (SSSR count). The van der Waals surface area contributed by atoms with Gasteiger partial charge >= 0.3 is 6.03 Å². The number of nitrogens with one attached hydrogen (secondary N) is 1. The number of hydrogen-bond acceptors (Lipinski definition) is 2. The van der Waals surface area contributed by atoms with Gasteiger partial charge < -0.3 is 15.3 Å². The third kappa shape index (κ3) is 4.08. The fourth-order valence-electron chi connectivity index (χ4n) is 1.75. The molecule has 1 fully saturated rings. The lowest BCUT2D eigenvalue weighted by Gasteiger charge is -2.17. The van der Waals surface area contributed by atoms with Crippen molar-refractivity contribution in [3.63, 3.8) is 0 Å². The minimum absolute atomic E-state index is 0.0200. The van der Waals surface area contributed by atoms with E-state index in [4.69, 9.17) is 5.11 Å². The van der Waals surface area contributed by atoms with Crippen LogP contribution in [0.5, 0.6) is 0 Å². The van der Waals surface area contributed by atoms with Crippen LogP contribution in [0.15, 0.2) is 0 Å². The Morgan fingerprint density at radius 2 is 2.33 bits per heavy atom. The Kier molecular flexibility index (Phi) is 4.88. The molecule has 1 aliphatic heterocycles. The molecule has 1 saturated heterocycles. The molecule has 0 aromatic carbocycles. The van der Waals surface area contributed by atoms with Crippen molar-refractivity contribution in [2.24, 2.45) is 11.8 Å². The van der Waals surface area contributed by atoms with E-state index >= 15 is 0 Å². The Morgan fingerprint density at radius 3 is 2.87 bits per heavy atom. The molecular weight excluding hydrogens is 192 g/mol. The Balaban J connectivity index is 2.18. The highest BCUT2D eigenvalue weighted by Gasteiger charge is 2.25. The third-order valence-electron chi connectivity index (χ3n) is 2.83. The number of rotatable bonds is 4. The van der Waals surface area contributed by atoms with Gasteiger partial charge in [0.15, 0.2) is 0 Å². The zero-order valence-electron chi connectivity index (χ0n) is 9.70. The van der Waals surface area contributed by atoms with Crippen LogP contribution in [0.3, 0.4) is 0 Å². The Bertz CT molecular complexity index is 207. The molecule has 1 aliphatic rings. The predicted molar refractivity (Wildman–Crippen MR) is 59.6 cm³/mol. The monoisotopic (exact) mass is 214 g/mol. The number of aliphatic hydroxyl groups excluding tert-OH is 1. The highest BCUT2D eigenvalue weighted by molar-refractivity contribution is 5.74. The summed E-state index contributed by atoms with van der Waals surface area (Å²) in [7, 11) is 0. The summed E-state index contributed by atoms with van der Waals surface area (Å²) < 4.78 is 0. The fourth-order valence-corrected chi connectivity index (χ4v) is 1.75. The third-order valence-corrected chi connectivity index (χ3v) is 2.83. The predicted octanol–water partition coefficient (Wildman–Crippen LogP) is 1.06. The van der Waals surface area contributed by atoms with E-state index < -0.39 is 0 Å². The number of aliphatic hydroxyl groups is 1. The molecule has 88 valence electrons. The van der Waals surface area contributed by atoms with Gasteiger partial charge in [-0.15, -0.1) is 0 Å². The molecule has 0 spiro atoms. The summed E-state index contributed by atoms with van der Waals surface area (Å²) >= 11 is 0. The smallest absolute Gasteiger partial charge is 0.317 e. The van der Waals surface area contributed by atoms with E-state index in [0.29, 0.717) is 12.5 Å². The molecule has 1 heterocycles. The van der Waals surface area contributed by atoms with E-state index in [1.54, 1.807) is 4.90 Å². The quantitative estimate of drug-likeness (QED) is 0.735. The van der Waals surface area contributed by atoms with Gasteiger partial charge in [-0.05, 0) is 18.8 Å². The van der Waals surface area contributed by atoms with Crippen LogP contribution in [0, 0.1) is 11.8 Å². The van der Waals surface area contributed by atoms with Crippen LogP contribution in [-0.4, -0.2) is 42.3 Å². The van der Waals surface area contributed by atoms with E-state index in [1.807, 2.05) is 0 Å². The topological polar surface area (TPSA) is 52.6 Å². The van der Waals surface area contributed by atoms with Crippen LogP contribution in [0.1, 0.15) is 26.7 Å². The molecule has 0 aromatic rings. The number of hydrogen-bond donors (Lipinski definition) is 2. The maximum Gasteiger partial charge on any atom is 0.317 e. The van der Waals surface area contributed by atoms with Crippen LogP contribution >= 0.6 is 0 Å². The SMILES string of the molecule is CC(C)CCNC(=O)N1CCC(CO)C1. The highest BCUT2D eigenvalue weighted by atomic mass is 16.3. The number of urea groups is 1. The van der Waals surface area contributed by atoms with Crippen molar-refractivity contribution in [2.75, 3.05) is 26.2 Å². The van der Waals surface area contributed by atoms with Crippen LogP contribution in [0.4, 0.5) is 4.79 Å². The van der Waals surface area contributed by atoms with Crippen molar-refractivity contribution < 1.29 is 9.90 Å². The lowest BCUT2D eigenvalue weighted by Crippen LogP contribution is -2.39. The fraction of sp³-hybridized carbons (Fsp3) is 0.909. The molecular formula is C11H22N2O2. The average Bonchev–Trinajstić information content (AvgIpc) is 2.65. The van der Waals surface area contributed by atoms with Gasteiger partial charge in [-0.25, -0.2) is 4.79 Å². The number of carbonyl (C=O) groups is 1. The molecule has 2 amide bonds. The van der Waals surface area contributed by atoms with Crippen molar-refractivity contribution in [1.82, 2.24) is 10.2 Å². The first kappa shape index (κ1) is 12.3. The summed E-state index contributed by atoms with van der Waals surface area (Å²) in [6.45, 7) is 6.70. The van der Waals surface area contributed by atoms with E-state index in [2.05, 4.69) is 19.2 Å². The molecule has 0 aliphatic carbocycles. The lowest BCUT2D eigenvalue weighted by molar-refractivity contribution is 0.198. The first-order valence-electron chi connectivity index (χ1n) is 5.77. The summed E-state index contributed by atoms with van der Waals surface area (Å²) in [5.41, 5.74) is 0. The normalized spacial score (nSPS) is 21.1. The van der Waals surface area contributed by atoms with Crippen LogP contribution < -0.4 is 5.32 Å². The molecule has 0 radical (unpaired) electrons. The standard InChI is InChI=1S/C11H22N2O2/c1-9(2)3-5-12-11(15)13-6-4-10(7-13)8-14/h9-10,14H,3-8H2,1-2H3,(H,12,15). The molecule has 15 heavy (non-hydrogen) atoms.